The number of ether oxygens (including phenoxy) is 1. The van der Waals surface area contributed by atoms with Crippen LogP contribution < -0.4 is 4.74 Å². The largest absolute Gasteiger partial charge is 0.495 e. The second-order valence-electron chi connectivity index (χ2n) is 3.22. The van der Waals surface area contributed by atoms with Crippen LogP contribution in [-0.2, 0) is 12.8 Å². The summed E-state index contributed by atoms with van der Waals surface area (Å²) in [5.41, 5.74) is 2.73. The van der Waals surface area contributed by atoms with Gasteiger partial charge in [0.1, 0.15) is 5.75 Å². The Morgan fingerprint density at radius 2 is 2.00 bits per heavy atom. The van der Waals surface area contributed by atoms with E-state index < -0.39 is 0 Å². The Hall–Kier alpha value is -0.670. The first kappa shape index (κ1) is 8.91. The van der Waals surface area contributed by atoms with Crippen molar-refractivity contribution in [2.24, 2.45) is 0 Å². The Labute approximate surface area is 82.1 Å². The SMILES string of the molecule is COc1cc2c(cc1SO)CCC2. The lowest BCUT2D eigenvalue weighted by molar-refractivity contribution is 0.403. The van der Waals surface area contributed by atoms with E-state index in [1.165, 1.54) is 17.5 Å². The zero-order valence-corrected chi connectivity index (χ0v) is 8.36. The predicted molar refractivity (Wildman–Crippen MR) is 53.5 cm³/mol. The minimum absolute atomic E-state index is 0.761. The van der Waals surface area contributed by atoms with Crippen molar-refractivity contribution in [1.82, 2.24) is 0 Å². The minimum atomic E-state index is 0.761. The van der Waals surface area contributed by atoms with Crippen LogP contribution in [0.3, 0.4) is 0 Å². The summed E-state index contributed by atoms with van der Waals surface area (Å²) in [7, 11) is 1.64. The summed E-state index contributed by atoms with van der Waals surface area (Å²) in [6, 6.07) is 4.08. The maximum atomic E-state index is 9.02. The topological polar surface area (TPSA) is 29.5 Å². The lowest BCUT2D eigenvalue weighted by atomic mass is 10.1. The molecule has 0 saturated heterocycles. The fraction of sp³-hybridized carbons (Fsp3) is 0.400. The highest BCUT2D eigenvalue weighted by molar-refractivity contribution is 7.93. The summed E-state index contributed by atoms with van der Waals surface area (Å²) in [5, 5.41) is 0. The average Bonchev–Trinajstić information content (AvgIpc) is 2.62. The van der Waals surface area contributed by atoms with Gasteiger partial charge in [0.15, 0.2) is 0 Å². The molecule has 0 heterocycles. The van der Waals surface area contributed by atoms with E-state index in [9.17, 15) is 0 Å². The third-order valence-electron chi connectivity index (χ3n) is 2.48. The quantitative estimate of drug-likeness (QED) is 0.737. The van der Waals surface area contributed by atoms with Crippen LogP contribution >= 0.6 is 12.0 Å². The van der Waals surface area contributed by atoms with Gasteiger partial charge in [0.2, 0.25) is 0 Å². The third kappa shape index (κ3) is 1.54. The number of fused-ring (bicyclic) bond motifs is 1. The number of benzene rings is 1. The fourth-order valence-corrected chi connectivity index (χ4v) is 2.24. The Kier molecular flexibility index (Phi) is 2.47. The first-order valence-electron chi connectivity index (χ1n) is 4.36. The smallest absolute Gasteiger partial charge is 0.135 e. The molecule has 1 aliphatic carbocycles. The van der Waals surface area contributed by atoms with Gasteiger partial charge < -0.3 is 9.29 Å². The highest BCUT2D eigenvalue weighted by Crippen LogP contribution is 2.34. The van der Waals surface area contributed by atoms with Crippen molar-refractivity contribution >= 4 is 12.0 Å². The molecule has 0 aliphatic heterocycles. The van der Waals surface area contributed by atoms with Gasteiger partial charge in [-0.1, -0.05) is 0 Å². The minimum Gasteiger partial charge on any atom is -0.495 e. The number of hydrogen-bond acceptors (Lipinski definition) is 3. The van der Waals surface area contributed by atoms with Gasteiger partial charge in [0, 0.05) is 12.0 Å². The normalized spacial score (nSPS) is 14.3. The first-order valence-corrected chi connectivity index (χ1v) is 5.13. The molecule has 0 fully saturated rings. The van der Waals surface area contributed by atoms with Crippen molar-refractivity contribution in [3.8, 4) is 5.75 Å². The standard InChI is InChI=1S/C10H12O2S/c1-12-9-5-7-3-2-4-8(7)6-10(9)13-11/h5-6,11H,2-4H2,1H3. The summed E-state index contributed by atoms with van der Waals surface area (Å²) in [6.45, 7) is 0. The monoisotopic (exact) mass is 196 g/mol. The molecule has 0 atom stereocenters. The summed E-state index contributed by atoms with van der Waals surface area (Å²) in [6.07, 6.45) is 3.49. The molecule has 2 nitrogen and oxygen atoms in total. The Morgan fingerprint density at radius 3 is 2.62 bits per heavy atom. The Balaban J connectivity index is 2.47. The lowest BCUT2D eigenvalue weighted by Gasteiger charge is -2.07. The van der Waals surface area contributed by atoms with E-state index in [-0.39, 0.29) is 0 Å². The van der Waals surface area contributed by atoms with Gasteiger partial charge >= 0.3 is 0 Å². The highest BCUT2D eigenvalue weighted by atomic mass is 32.2. The zero-order valence-electron chi connectivity index (χ0n) is 7.54. The molecule has 3 heteroatoms. The molecule has 0 radical (unpaired) electrons. The van der Waals surface area contributed by atoms with Gasteiger partial charge in [0.25, 0.3) is 0 Å². The molecule has 70 valence electrons. The number of rotatable bonds is 2. The van der Waals surface area contributed by atoms with Crippen LogP contribution in [0.15, 0.2) is 17.0 Å². The van der Waals surface area contributed by atoms with Gasteiger partial charge in [-0.05, 0) is 42.5 Å². The third-order valence-corrected chi connectivity index (χ3v) is 2.99. The molecule has 0 saturated carbocycles. The van der Waals surface area contributed by atoms with E-state index in [2.05, 4.69) is 0 Å². The van der Waals surface area contributed by atoms with Crippen molar-refractivity contribution in [3.05, 3.63) is 23.3 Å². The van der Waals surface area contributed by atoms with Crippen molar-refractivity contribution < 1.29 is 9.29 Å². The molecule has 2 rings (SSSR count). The summed E-state index contributed by atoms with van der Waals surface area (Å²) in [5.74, 6) is 0.785. The van der Waals surface area contributed by atoms with E-state index in [4.69, 9.17) is 9.29 Å². The van der Waals surface area contributed by atoms with E-state index in [1.54, 1.807) is 7.11 Å². The van der Waals surface area contributed by atoms with E-state index in [0.29, 0.717) is 0 Å². The molecule has 0 unspecified atom stereocenters. The Bertz CT molecular complexity index is 292. The molecule has 0 bridgehead atoms. The van der Waals surface area contributed by atoms with Crippen molar-refractivity contribution in [3.63, 3.8) is 0 Å². The molecule has 13 heavy (non-hydrogen) atoms. The van der Waals surface area contributed by atoms with Gasteiger partial charge in [0.05, 0.1) is 12.0 Å². The molecule has 1 aliphatic rings. The molecular formula is C10H12O2S. The van der Waals surface area contributed by atoms with Crippen LogP contribution in [0.4, 0.5) is 0 Å². The predicted octanol–water partition coefficient (Wildman–Crippen LogP) is 2.75. The summed E-state index contributed by atoms with van der Waals surface area (Å²) < 4.78 is 14.2. The van der Waals surface area contributed by atoms with Crippen molar-refractivity contribution in [2.45, 2.75) is 24.2 Å². The molecule has 1 N–H and O–H groups in total. The molecule has 0 amide bonds. The van der Waals surface area contributed by atoms with Crippen LogP contribution in [0.5, 0.6) is 5.75 Å². The zero-order chi connectivity index (χ0) is 9.26. The van der Waals surface area contributed by atoms with Crippen LogP contribution in [0.1, 0.15) is 17.5 Å². The van der Waals surface area contributed by atoms with Gasteiger partial charge in [-0.25, -0.2) is 0 Å². The fourth-order valence-electron chi connectivity index (χ4n) is 1.81. The second kappa shape index (κ2) is 3.60. The van der Waals surface area contributed by atoms with Crippen LogP contribution in [-0.4, -0.2) is 11.7 Å². The van der Waals surface area contributed by atoms with E-state index in [1.807, 2.05) is 12.1 Å². The number of hydrogen-bond donors (Lipinski definition) is 1. The number of aryl methyl sites for hydroxylation is 2. The van der Waals surface area contributed by atoms with Crippen LogP contribution in [0, 0.1) is 0 Å². The van der Waals surface area contributed by atoms with E-state index in [0.717, 1.165) is 35.5 Å². The Morgan fingerprint density at radius 1 is 1.31 bits per heavy atom. The number of methoxy groups -OCH3 is 1. The summed E-state index contributed by atoms with van der Waals surface area (Å²) >= 11 is 0.761. The molecule has 0 aromatic heterocycles. The average molecular weight is 196 g/mol. The second-order valence-corrected chi connectivity index (χ2v) is 3.84. The molecule has 0 spiro atoms. The van der Waals surface area contributed by atoms with Crippen molar-refractivity contribution in [2.75, 3.05) is 7.11 Å². The van der Waals surface area contributed by atoms with Gasteiger partial charge in [-0.2, -0.15) is 0 Å². The maximum Gasteiger partial charge on any atom is 0.135 e. The first-order chi connectivity index (χ1) is 6.35. The van der Waals surface area contributed by atoms with Crippen molar-refractivity contribution in [1.29, 1.82) is 0 Å². The highest BCUT2D eigenvalue weighted by Gasteiger charge is 2.14. The molecule has 1 aromatic carbocycles. The lowest BCUT2D eigenvalue weighted by Crippen LogP contribution is -1.90. The van der Waals surface area contributed by atoms with Gasteiger partial charge in [-0.15, -0.1) is 0 Å². The van der Waals surface area contributed by atoms with Crippen LogP contribution in [0.25, 0.3) is 0 Å². The van der Waals surface area contributed by atoms with E-state index >= 15 is 0 Å². The van der Waals surface area contributed by atoms with Crippen LogP contribution in [0.2, 0.25) is 0 Å². The maximum absolute atomic E-state index is 9.02. The molecular weight excluding hydrogens is 184 g/mol. The molecule has 1 aromatic rings. The summed E-state index contributed by atoms with van der Waals surface area (Å²) in [4.78, 5) is 0.822. The van der Waals surface area contributed by atoms with Gasteiger partial charge in [-0.3, -0.25) is 0 Å².